The average Bonchev–Trinajstić information content (AvgIpc) is 2.47. The minimum absolute atomic E-state index is 0.00900. The molecule has 1 aliphatic carbocycles. The lowest BCUT2D eigenvalue weighted by Crippen LogP contribution is -2.06. The fraction of sp³-hybridized carbons (Fsp3) is 0.889. The Morgan fingerprint density at radius 1 is 1.43 bits per heavy atom. The first-order valence-corrected chi connectivity index (χ1v) is 6.63. The third kappa shape index (κ3) is 2.26. The second-order valence-corrected chi connectivity index (χ2v) is 6.92. The molecule has 0 bridgehead atoms. The van der Waals surface area contributed by atoms with Gasteiger partial charge in [0.25, 0.3) is 0 Å². The SMILES string of the molecule is CC1(C)[C@H](CCS(C)(=O)=O)[C@H]1C(=O)O. The lowest BCUT2D eigenvalue weighted by atomic mass is 10.1. The molecule has 0 aromatic carbocycles. The molecule has 5 heteroatoms. The van der Waals surface area contributed by atoms with Gasteiger partial charge < -0.3 is 5.11 Å². The quantitative estimate of drug-likeness (QED) is 0.760. The van der Waals surface area contributed by atoms with Crippen LogP contribution in [0.2, 0.25) is 0 Å². The topological polar surface area (TPSA) is 71.4 Å². The summed E-state index contributed by atoms with van der Waals surface area (Å²) in [7, 11) is -2.97. The van der Waals surface area contributed by atoms with Gasteiger partial charge in [-0.05, 0) is 17.8 Å². The number of hydrogen-bond acceptors (Lipinski definition) is 3. The van der Waals surface area contributed by atoms with Gasteiger partial charge in [-0.1, -0.05) is 13.8 Å². The molecule has 1 fully saturated rings. The number of rotatable bonds is 4. The molecule has 2 atom stereocenters. The maximum absolute atomic E-state index is 10.9. The van der Waals surface area contributed by atoms with Crippen molar-refractivity contribution in [2.45, 2.75) is 20.3 Å². The van der Waals surface area contributed by atoms with Crippen LogP contribution in [0.3, 0.4) is 0 Å². The van der Waals surface area contributed by atoms with Crippen molar-refractivity contribution in [3.8, 4) is 0 Å². The Balaban J connectivity index is 2.54. The van der Waals surface area contributed by atoms with E-state index in [9.17, 15) is 13.2 Å². The number of carboxylic acid groups (broad SMARTS) is 1. The van der Waals surface area contributed by atoms with Gasteiger partial charge in [0.2, 0.25) is 0 Å². The third-order valence-electron chi connectivity index (χ3n) is 3.12. The molecular formula is C9H16O4S. The van der Waals surface area contributed by atoms with Crippen LogP contribution < -0.4 is 0 Å². The van der Waals surface area contributed by atoms with Crippen molar-refractivity contribution in [1.82, 2.24) is 0 Å². The summed E-state index contributed by atoms with van der Waals surface area (Å²) < 4.78 is 21.8. The molecule has 1 rings (SSSR count). The predicted molar refractivity (Wildman–Crippen MR) is 52.7 cm³/mol. The van der Waals surface area contributed by atoms with E-state index in [4.69, 9.17) is 5.11 Å². The molecule has 0 spiro atoms. The predicted octanol–water partition coefficient (Wildman–Crippen LogP) is 0.778. The number of carbonyl (C=O) groups is 1. The normalized spacial score (nSPS) is 29.9. The fourth-order valence-electron chi connectivity index (χ4n) is 2.11. The Hall–Kier alpha value is -0.580. The van der Waals surface area contributed by atoms with Gasteiger partial charge in [0.05, 0.1) is 11.7 Å². The molecule has 0 heterocycles. The summed E-state index contributed by atoms with van der Waals surface area (Å²) in [5, 5.41) is 8.84. The molecular weight excluding hydrogens is 204 g/mol. The van der Waals surface area contributed by atoms with Gasteiger partial charge >= 0.3 is 5.97 Å². The number of sulfone groups is 1. The summed E-state index contributed by atoms with van der Waals surface area (Å²) in [5.74, 6) is -1.09. The minimum Gasteiger partial charge on any atom is -0.481 e. The van der Waals surface area contributed by atoms with Crippen molar-refractivity contribution in [2.75, 3.05) is 12.0 Å². The lowest BCUT2D eigenvalue weighted by molar-refractivity contribution is -0.139. The van der Waals surface area contributed by atoms with E-state index >= 15 is 0 Å². The first-order valence-electron chi connectivity index (χ1n) is 4.57. The van der Waals surface area contributed by atoms with Crippen LogP contribution in [0.15, 0.2) is 0 Å². The largest absolute Gasteiger partial charge is 0.481 e. The Morgan fingerprint density at radius 2 is 1.93 bits per heavy atom. The Bertz CT molecular complexity index is 342. The molecule has 0 amide bonds. The highest BCUT2D eigenvalue weighted by molar-refractivity contribution is 7.90. The zero-order valence-corrected chi connectivity index (χ0v) is 9.47. The van der Waals surface area contributed by atoms with Gasteiger partial charge in [0.1, 0.15) is 9.84 Å². The summed E-state index contributed by atoms with van der Waals surface area (Å²) in [5.41, 5.74) is -0.240. The molecule has 1 aliphatic rings. The van der Waals surface area contributed by atoms with Crippen molar-refractivity contribution < 1.29 is 18.3 Å². The third-order valence-corrected chi connectivity index (χ3v) is 4.09. The van der Waals surface area contributed by atoms with Gasteiger partial charge in [0.15, 0.2) is 0 Å². The van der Waals surface area contributed by atoms with E-state index in [2.05, 4.69) is 0 Å². The van der Waals surface area contributed by atoms with E-state index in [1.165, 1.54) is 6.26 Å². The first kappa shape index (κ1) is 11.5. The van der Waals surface area contributed by atoms with E-state index in [0.717, 1.165) is 0 Å². The van der Waals surface area contributed by atoms with Crippen molar-refractivity contribution in [3.63, 3.8) is 0 Å². The average molecular weight is 220 g/mol. The molecule has 1 N–H and O–H groups in total. The van der Waals surface area contributed by atoms with Gasteiger partial charge in [0, 0.05) is 6.26 Å². The summed E-state index contributed by atoms with van der Waals surface area (Å²) in [6.07, 6.45) is 1.64. The molecule has 0 aliphatic heterocycles. The van der Waals surface area contributed by atoms with Crippen LogP contribution in [0.5, 0.6) is 0 Å². The standard InChI is InChI=1S/C9H16O4S/c1-9(2)6(7(9)8(10)11)4-5-14(3,12)13/h6-7H,4-5H2,1-3H3,(H,10,11)/t6-,7+/m1/s1. The molecule has 0 saturated heterocycles. The molecule has 0 radical (unpaired) electrons. The number of carboxylic acids is 1. The van der Waals surface area contributed by atoms with Gasteiger partial charge in [-0.15, -0.1) is 0 Å². The highest BCUT2D eigenvalue weighted by Crippen LogP contribution is 2.60. The van der Waals surface area contributed by atoms with Crippen molar-refractivity contribution in [3.05, 3.63) is 0 Å². The van der Waals surface area contributed by atoms with Crippen molar-refractivity contribution >= 4 is 15.8 Å². The van der Waals surface area contributed by atoms with Crippen LogP contribution in [-0.4, -0.2) is 31.5 Å². The van der Waals surface area contributed by atoms with E-state index in [1.54, 1.807) is 0 Å². The molecule has 1 saturated carbocycles. The van der Waals surface area contributed by atoms with E-state index < -0.39 is 15.8 Å². The van der Waals surface area contributed by atoms with Crippen molar-refractivity contribution in [2.24, 2.45) is 17.3 Å². The number of aliphatic carboxylic acids is 1. The van der Waals surface area contributed by atoms with Crippen LogP contribution in [0.4, 0.5) is 0 Å². The van der Waals surface area contributed by atoms with Gasteiger partial charge in [-0.2, -0.15) is 0 Å². The second-order valence-electron chi connectivity index (χ2n) is 4.66. The molecule has 0 aromatic rings. The first-order chi connectivity index (χ1) is 6.16. The Morgan fingerprint density at radius 3 is 2.21 bits per heavy atom. The maximum Gasteiger partial charge on any atom is 0.307 e. The summed E-state index contributed by atoms with van der Waals surface area (Å²) >= 11 is 0. The molecule has 0 aromatic heterocycles. The minimum atomic E-state index is -2.97. The van der Waals surface area contributed by atoms with Crippen molar-refractivity contribution in [1.29, 1.82) is 0 Å². The monoisotopic (exact) mass is 220 g/mol. The summed E-state index contributed by atoms with van der Waals surface area (Å²) in [4.78, 5) is 10.8. The van der Waals surface area contributed by atoms with Crippen LogP contribution in [0, 0.1) is 17.3 Å². The maximum atomic E-state index is 10.9. The van der Waals surface area contributed by atoms with E-state index in [0.29, 0.717) is 6.42 Å². The number of hydrogen-bond donors (Lipinski definition) is 1. The summed E-state index contributed by atoms with van der Waals surface area (Å²) in [6.45, 7) is 3.75. The Labute approximate surface area is 84.2 Å². The summed E-state index contributed by atoms with van der Waals surface area (Å²) in [6, 6.07) is 0. The van der Waals surface area contributed by atoms with E-state index in [-0.39, 0.29) is 23.0 Å². The molecule has 4 nitrogen and oxygen atoms in total. The zero-order valence-electron chi connectivity index (χ0n) is 8.65. The van der Waals surface area contributed by atoms with Gasteiger partial charge in [-0.3, -0.25) is 4.79 Å². The van der Waals surface area contributed by atoms with E-state index in [1.807, 2.05) is 13.8 Å². The Kier molecular flexibility index (Phi) is 2.65. The molecule has 82 valence electrons. The molecule has 14 heavy (non-hydrogen) atoms. The highest BCUT2D eigenvalue weighted by Gasteiger charge is 2.61. The fourth-order valence-corrected chi connectivity index (χ4v) is 2.80. The smallest absolute Gasteiger partial charge is 0.307 e. The lowest BCUT2D eigenvalue weighted by Gasteiger charge is -2.00. The van der Waals surface area contributed by atoms with Crippen LogP contribution in [0.1, 0.15) is 20.3 Å². The highest BCUT2D eigenvalue weighted by atomic mass is 32.2. The zero-order chi connectivity index (χ0) is 11.1. The van der Waals surface area contributed by atoms with Gasteiger partial charge in [-0.25, -0.2) is 8.42 Å². The van der Waals surface area contributed by atoms with Crippen LogP contribution >= 0.6 is 0 Å². The van der Waals surface area contributed by atoms with Crippen LogP contribution in [0.25, 0.3) is 0 Å². The molecule has 0 unspecified atom stereocenters. The second kappa shape index (κ2) is 3.22. The van der Waals surface area contributed by atoms with Crippen LogP contribution in [-0.2, 0) is 14.6 Å².